The van der Waals surface area contributed by atoms with Crippen LogP contribution in [-0.2, 0) is 11.3 Å². The molecule has 0 amide bonds. The third kappa shape index (κ3) is 2.50. The van der Waals surface area contributed by atoms with Crippen molar-refractivity contribution in [1.82, 2.24) is 14.8 Å². The van der Waals surface area contributed by atoms with Crippen LogP contribution in [0.15, 0.2) is 30.5 Å². The first-order valence-electron chi connectivity index (χ1n) is 5.28. The molecule has 0 spiro atoms. The van der Waals surface area contributed by atoms with Gasteiger partial charge in [0, 0.05) is 11.9 Å². The van der Waals surface area contributed by atoms with Gasteiger partial charge in [-0.25, -0.2) is 0 Å². The molecule has 0 unspecified atom stereocenters. The molecule has 2 aromatic rings. The Kier molecular flexibility index (Phi) is 3.18. The van der Waals surface area contributed by atoms with Crippen LogP contribution in [-0.4, -0.2) is 27.8 Å². The highest BCUT2D eigenvalue weighted by Gasteiger charge is 2.08. The summed E-state index contributed by atoms with van der Waals surface area (Å²) in [5, 5.41) is 11.9. The van der Waals surface area contributed by atoms with Crippen LogP contribution in [0.25, 0.3) is 11.4 Å². The van der Waals surface area contributed by atoms with Gasteiger partial charge in [-0.1, -0.05) is 6.07 Å². The van der Waals surface area contributed by atoms with Gasteiger partial charge in [0.2, 0.25) is 5.90 Å². The quantitative estimate of drug-likeness (QED) is 0.646. The molecule has 1 N–H and O–H groups in total. The molecule has 0 saturated heterocycles. The minimum atomic E-state index is 0.184. The van der Waals surface area contributed by atoms with Crippen LogP contribution >= 0.6 is 0 Å². The van der Waals surface area contributed by atoms with Gasteiger partial charge in [-0.3, -0.25) is 15.1 Å². The van der Waals surface area contributed by atoms with Crippen LogP contribution in [0.3, 0.4) is 0 Å². The van der Waals surface area contributed by atoms with Crippen LogP contribution in [0, 0.1) is 12.3 Å². The Labute approximate surface area is 99.6 Å². The molecule has 5 nitrogen and oxygen atoms in total. The fraction of sp³-hybridized carbons (Fsp3) is 0.250. The molecule has 5 heteroatoms. The van der Waals surface area contributed by atoms with E-state index in [0.717, 1.165) is 17.1 Å². The molecule has 2 heterocycles. The van der Waals surface area contributed by atoms with E-state index >= 15 is 0 Å². The van der Waals surface area contributed by atoms with Crippen molar-refractivity contribution in [2.45, 2.75) is 13.5 Å². The van der Waals surface area contributed by atoms with E-state index in [2.05, 4.69) is 10.1 Å². The lowest BCUT2D eigenvalue weighted by Crippen LogP contribution is -2.13. The normalized spacial score (nSPS) is 10.2. The predicted molar refractivity (Wildman–Crippen MR) is 64.9 cm³/mol. The molecule has 0 fully saturated rings. The minimum Gasteiger partial charge on any atom is -0.483 e. The summed E-state index contributed by atoms with van der Waals surface area (Å²) in [6.07, 6.45) is 1.74. The van der Waals surface area contributed by atoms with E-state index < -0.39 is 0 Å². The van der Waals surface area contributed by atoms with Gasteiger partial charge in [0.1, 0.15) is 12.2 Å². The Hall–Kier alpha value is -2.17. The van der Waals surface area contributed by atoms with Gasteiger partial charge < -0.3 is 4.74 Å². The number of rotatable bonds is 3. The topological polar surface area (TPSA) is 63.8 Å². The molecule has 0 aliphatic heterocycles. The maximum Gasteiger partial charge on any atom is 0.202 e. The summed E-state index contributed by atoms with van der Waals surface area (Å²) in [6.45, 7) is 2.29. The molecule has 0 aromatic carbocycles. The second-order valence-electron chi connectivity index (χ2n) is 3.67. The largest absolute Gasteiger partial charge is 0.483 e. The van der Waals surface area contributed by atoms with E-state index in [0.29, 0.717) is 6.54 Å². The van der Waals surface area contributed by atoms with E-state index in [4.69, 9.17) is 10.1 Å². The average molecular weight is 230 g/mol. The van der Waals surface area contributed by atoms with Gasteiger partial charge in [-0.15, -0.1) is 0 Å². The summed E-state index contributed by atoms with van der Waals surface area (Å²) in [5.41, 5.74) is 2.62. The molecular formula is C12H14N4O. The molecule has 0 bridgehead atoms. The van der Waals surface area contributed by atoms with Crippen molar-refractivity contribution < 1.29 is 4.74 Å². The molecule has 0 atom stereocenters. The summed E-state index contributed by atoms with van der Waals surface area (Å²) in [4.78, 5) is 4.24. The van der Waals surface area contributed by atoms with Crippen molar-refractivity contribution >= 4 is 5.90 Å². The average Bonchev–Trinajstić information content (AvgIpc) is 2.72. The second-order valence-corrected chi connectivity index (χ2v) is 3.67. The van der Waals surface area contributed by atoms with Crippen molar-refractivity contribution in [1.29, 1.82) is 5.41 Å². The number of nitrogens with one attached hydrogen (secondary N) is 1. The molecule has 2 rings (SSSR count). The Morgan fingerprint density at radius 3 is 2.88 bits per heavy atom. The SMILES string of the molecule is COC(=N)Cn1nc(-c2ccccn2)cc1C. The van der Waals surface area contributed by atoms with Crippen molar-refractivity contribution in [2.24, 2.45) is 0 Å². The first-order chi connectivity index (χ1) is 8.20. The summed E-state index contributed by atoms with van der Waals surface area (Å²) < 4.78 is 6.56. The lowest BCUT2D eigenvalue weighted by atomic mass is 10.2. The number of pyridine rings is 1. The van der Waals surface area contributed by atoms with Gasteiger partial charge in [-0.2, -0.15) is 5.10 Å². The first kappa shape index (κ1) is 11.3. The number of aryl methyl sites for hydroxylation is 1. The van der Waals surface area contributed by atoms with E-state index in [1.807, 2.05) is 31.2 Å². The first-order valence-corrected chi connectivity index (χ1v) is 5.28. The molecule has 2 aromatic heterocycles. The van der Waals surface area contributed by atoms with Gasteiger partial charge in [0.05, 0.1) is 12.8 Å². The van der Waals surface area contributed by atoms with Crippen molar-refractivity contribution in [3.05, 3.63) is 36.2 Å². The standard InChI is InChI=1S/C12H14N4O/c1-9-7-11(10-5-3-4-6-14-10)15-16(9)8-12(13)17-2/h3-7,13H,8H2,1-2H3. The number of ether oxygens (including phenoxy) is 1. The molecule has 17 heavy (non-hydrogen) atoms. The number of methoxy groups -OCH3 is 1. The van der Waals surface area contributed by atoms with Gasteiger partial charge in [-0.05, 0) is 25.1 Å². The highest BCUT2D eigenvalue weighted by molar-refractivity contribution is 5.72. The highest BCUT2D eigenvalue weighted by Crippen LogP contribution is 2.15. The molecular weight excluding hydrogens is 216 g/mol. The predicted octanol–water partition coefficient (Wildman–Crippen LogP) is 1.88. The fourth-order valence-electron chi connectivity index (χ4n) is 1.51. The van der Waals surface area contributed by atoms with Crippen molar-refractivity contribution in [2.75, 3.05) is 7.11 Å². The van der Waals surface area contributed by atoms with E-state index in [1.165, 1.54) is 7.11 Å². The van der Waals surface area contributed by atoms with Crippen LogP contribution in [0.4, 0.5) is 0 Å². The molecule has 0 aliphatic carbocycles. The zero-order valence-corrected chi connectivity index (χ0v) is 9.84. The van der Waals surface area contributed by atoms with E-state index in [1.54, 1.807) is 10.9 Å². The number of hydrogen-bond donors (Lipinski definition) is 1. The summed E-state index contributed by atoms with van der Waals surface area (Å²) in [7, 11) is 1.49. The number of hydrogen-bond acceptors (Lipinski definition) is 4. The van der Waals surface area contributed by atoms with Crippen LogP contribution in [0.2, 0.25) is 0 Å². The maximum atomic E-state index is 7.49. The van der Waals surface area contributed by atoms with Crippen LogP contribution in [0.5, 0.6) is 0 Å². The number of nitrogens with zero attached hydrogens (tertiary/aromatic N) is 3. The summed E-state index contributed by atoms with van der Waals surface area (Å²) in [6, 6.07) is 7.65. The van der Waals surface area contributed by atoms with Gasteiger partial charge >= 0.3 is 0 Å². The molecule has 88 valence electrons. The van der Waals surface area contributed by atoms with Gasteiger partial charge in [0.25, 0.3) is 0 Å². The third-order valence-corrected chi connectivity index (χ3v) is 2.45. The molecule has 0 aliphatic rings. The van der Waals surface area contributed by atoms with Crippen molar-refractivity contribution in [3.8, 4) is 11.4 Å². The van der Waals surface area contributed by atoms with Gasteiger partial charge in [0.15, 0.2) is 0 Å². The smallest absolute Gasteiger partial charge is 0.202 e. The lowest BCUT2D eigenvalue weighted by Gasteiger charge is -2.04. The zero-order valence-electron chi connectivity index (χ0n) is 9.84. The van der Waals surface area contributed by atoms with Crippen LogP contribution < -0.4 is 0 Å². The monoisotopic (exact) mass is 230 g/mol. The Morgan fingerprint density at radius 2 is 2.24 bits per heavy atom. The second kappa shape index (κ2) is 4.78. The molecule has 0 radical (unpaired) electrons. The third-order valence-electron chi connectivity index (χ3n) is 2.45. The fourth-order valence-corrected chi connectivity index (χ4v) is 1.51. The molecule has 0 saturated carbocycles. The van der Waals surface area contributed by atoms with E-state index in [9.17, 15) is 0 Å². The maximum absolute atomic E-state index is 7.49. The summed E-state index contributed by atoms with van der Waals surface area (Å²) >= 11 is 0. The Morgan fingerprint density at radius 1 is 1.41 bits per heavy atom. The van der Waals surface area contributed by atoms with E-state index in [-0.39, 0.29) is 5.90 Å². The van der Waals surface area contributed by atoms with Crippen molar-refractivity contribution in [3.63, 3.8) is 0 Å². The van der Waals surface area contributed by atoms with Crippen LogP contribution in [0.1, 0.15) is 5.69 Å². The highest BCUT2D eigenvalue weighted by atomic mass is 16.5. The Balaban J connectivity index is 2.28. The number of aromatic nitrogens is 3. The minimum absolute atomic E-state index is 0.184. The zero-order chi connectivity index (χ0) is 12.3. The Bertz CT molecular complexity index is 519. The lowest BCUT2D eigenvalue weighted by molar-refractivity contribution is 0.376. The summed E-state index contributed by atoms with van der Waals surface area (Å²) in [5.74, 6) is 0.184.